The number of carboxylic acid groups (broad SMARTS) is 1. The summed E-state index contributed by atoms with van der Waals surface area (Å²) in [4.78, 5) is 25.4. The van der Waals surface area contributed by atoms with Crippen LogP contribution in [0.4, 0.5) is 0 Å². The van der Waals surface area contributed by atoms with Crippen molar-refractivity contribution in [3.63, 3.8) is 0 Å². The van der Waals surface area contributed by atoms with Gasteiger partial charge in [-0.1, -0.05) is 52.9 Å². The summed E-state index contributed by atoms with van der Waals surface area (Å²) in [6, 6.07) is -0.644. The van der Waals surface area contributed by atoms with Gasteiger partial charge in [-0.2, -0.15) is 0 Å². The average molecular weight is 315 g/mol. The van der Waals surface area contributed by atoms with Crippen molar-refractivity contribution in [3.8, 4) is 0 Å². The molecule has 21 heavy (non-hydrogen) atoms. The van der Waals surface area contributed by atoms with Crippen LogP contribution in [-0.4, -0.2) is 39.1 Å². The number of aliphatic carboxylic acids is 1. The van der Waals surface area contributed by atoms with E-state index >= 15 is 0 Å². The van der Waals surface area contributed by atoms with Gasteiger partial charge < -0.3 is 10.0 Å². The van der Waals surface area contributed by atoms with Crippen LogP contribution in [-0.2, 0) is 9.59 Å². The van der Waals surface area contributed by atoms with E-state index in [0.717, 1.165) is 12.8 Å². The van der Waals surface area contributed by atoms with Crippen LogP contribution in [0, 0.1) is 5.92 Å². The highest BCUT2D eigenvalue weighted by Crippen LogP contribution is 2.34. The lowest BCUT2D eigenvalue weighted by molar-refractivity contribution is -0.149. The van der Waals surface area contributed by atoms with E-state index in [1.165, 1.54) is 25.7 Å². The lowest BCUT2D eigenvalue weighted by Crippen LogP contribution is -2.47. The minimum atomic E-state index is -0.873. The summed E-state index contributed by atoms with van der Waals surface area (Å²) in [5.41, 5.74) is 0. The highest BCUT2D eigenvalue weighted by atomic mass is 32.2. The number of hydrogen-bond donors (Lipinski definition) is 1. The second-order valence-electron chi connectivity index (χ2n) is 6.14. The summed E-state index contributed by atoms with van der Waals surface area (Å²) >= 11 is 1.60. The summed E-state index contributed by atoms with van der Waals surface area (Å²) in [6.07, 6.45) is 7.31. The van der Waals surface area contributed by atoms with Crippen molar-refractivity contribution in [2.75, 3.05) is 5.75 Å². The second-order valence-corrected chi connectivity index (χ2v) is 7.29. The maximum atomic E-state index is 12.4. The molecule has 0 bridgehead atoms. The first-order chi connectivity index (χ1) is 9.99. The van der Waals surface area contributed by atoms with Crippen molar-refractivity contribution in [2.24, 2.45) is 5.92 Å². The molecule has 1 aliphatic rings. The van der Waals surface area contributed by atoms with E-state index in [4.69, 9.17) is 0 Å². The lowest BCUT2D eigenvalue weighted by Gasteiger charge is -2.29. The zero-order valence-corrected chi connectivity index (χ0v) is 14.3. The molecule has 4 nitrogen and oxygen atoms in total. The van der Waals surface area contributed by atoms with Gasteiger partial charge >= 0.3 is 5.97 Å². The molecule has 0 aromatic heterocycles. The first-order valence-corrected chi connectivity index (χ1v) is 9.19. The molecular weight excluding hydrogens is 286 g/mol. The zero-order chi connectivity index (χ0) is 15.8. The zero-order valence-electron chi connectivity index (χ0n) is 13.5. The van der Waals surface area contributed by atoms with E-state index in [9.17, 15) is 14.7 Å². The SMILES string of the molecule is CCCCCCCCC(=O)N1C(C(=O)O)CSC1C(C)C. The highest BCUT2D eigenvalue weighted by Gasteiger charge is 2.42. The third-order valence-corrected chi connectivity index (χ3v) is 5.54. The Labute approximate surface area is 132 Å². The summed E-state index contributed by atoms with van der Waals surface area (Å²) in [6.45, 7) is 6.28. The molecular formula is C16H29NO3S. The Morgan fingerprint density at radius 3 is 2.38 bits per heavy atom. The number of rotatable bonds is 9. The first kappa shape index (κ1) is 18.3. The van der Waals surface area contributed by atoms with E-state index < -0.39 is 12.0 Å². The molecule has 2 unspecified atom stereocenters. The maximum absolute atomic E-state index is 12.4. The van der Waals surface area contributed by atoms with Gasteiger partial charge in [-0.05, 0) is 12.3 Å². The number of amides is 1. The number of carbonyl (C=O) groups excluding carboxylic acids is 1. The van der Waals surface area contributed by atoms with Gasteiger partial charge in [0.25, 0.3) is 0 Å². The molecule has 1 saturated heterocycles. The number of thioether (sulfide) groups is 1. The van der Waals surface area contributed by atoms with Crippen molar-refractivity contribution < 1.29 is 14.7 Å². The van der Waals surface area contributed by atoms with Gasteiger partial charge in [0.15, 0.2) is 0 Å². The van der Waals surface area contributed by atoms with Crippen LogP contribution < -0.4 is 0 Å². The van der Waals surface area contributed by atoms with Gasteiger partial charge in [0.1, 0.15) is 6.04 Å². The molecule has 2 atom stereocenters. The van der Waals surface area contributed by atoms with Crippen LogP contribution in [0.1, 0.15) is 65.7 Å². The Kier molecular flexibility index (Phi) is 8.15. The van der Waals surface area contributed by atoms with Gasteiger partial charge in [-0.3, -0.25) is 4.79 Å². The summed E-state index contributed by atoms with van der Waals surface area (Å²) in [5.74, 6) is -0.0585. The topological polar surface area (TPSA) is 57.6 Å². The fourth-order valence-electron chi connectivity index (χ4n) is 2.73. The van der Waals surface area contributed by atoms with Crippen molar-refractivity contribution in [1.82, 2.24) is 4.90 Å². The first-order valence-electron chi connectivity index (χ1n) is 8.14. The number of unbranched alkanes of at least 4 members (excludes halogenated alkanes) is 5. The molecule has 1 N–H and O–H groups in total. The smallest absolute Gasteiger partial charge is 0.327 e. The third kappa shape index (κ3) is 5.53. The monoisotopic (exact) mass is 315 g/mol. The van der Waals surface area contributed by atoms with Gasteiger partial charge in [0, 0.05) is 12.2 Å². The largest absolute Gasteiger partial charge is 0.480 e. The summed E-state index contributed by atoms with van der Waals surface area (Å²) < 4.78 is 0. The average Bonchev–Trinajstić information content (AvgIpc) is 2.87. The number of hydrogen-bond acceptors (Lipinski definition) is 3. The Balaban J connectivity index is 2.46. The van der Waals surface area contributed by atoms with Crippen LogP contribution in [0.3, 0.4) is 0 Å². The molecule has 0 spiro atoms. The molecule has 122 valence electrons. The summed E-state index contributed by atoms with van der Waals surface area (Å²) in [7, 11) is 0. The van der Waals surface area contributed by atoms with Gasteiger partial charge in [-0.15, -0.1) is 11.8 Å². The Bertz CT molecular complexity index is 346. The van der Waals surface area contributed by atoms with Gasteiger partial charge in [-0.25, -0.2) is 4.79 Å². The van der Waals surface area contributed by atoms with E-state index in [1.807, 2.05) is 13.8 Å². The fraction of sp³-hybridized carbons (Fsp3) is 0.875. The van der Waals surface area contributed by atoms with Crippen molar-refractivity contribution in [1.29, 1.82) is 0 Å². The minimum absolute atomic E-state index is 0.0127. The van der Waals surface area contributed by atoms with Crippen molar-refractivity contribution in [2.45, 2.75) is 77.1 Å². The number of nitrogens with zero attached hydrogens (tertiary/aromatic N) is 1. The van der Waals surface area contributed by atoms with E-state index in [-0.39, 0.29) is 17.2 Å². The van der Waals surface area contributed by atoms with Crippen LogP contribution in [0.2, 0.25) is 0 Å². The van der Waals surface area contributed by atoms with Crippen LogP contribution in [0.5, 0.6) is 0 Å². The molecule has 0 saturated carbocycles. The van der Waals surface area contributed by atoms with Crippen LogP contribution >= 0.6 is 11.8 Å². The molecule has 1 amide bonds. The maximum Gasteiger partial charge on any atom is 0.327 e. The van der Waals surface area contributed by atoms with Gasteiger partial charge in [0.2, 0.25) is 5.91 Å². The molecule has 0 aromatic carbocycles. The Hall–Kier alpha value is -0.710. The molecule has 1 aliphatic heterocycles. The minimum Gasteiger partial charge on any atom is -0.480 e. The number of carbonyl (C=O) groups is 2. The van der Waals surface area contributed by atoms with Gasteiger partial charge in [0.05, 0.1) is 5.37 Å². The van der Waals surface area contributed by atoms with E-state index in [1.54, 1.807) is 16.7 Å². The van der Waals surface area contributed by atoms with Crippen molar-refractivity contribution in [3.05, 3.63) is 0 Å². The predicted octanol–water partition coefficient (Wildman–Crippen LogP) is 3.75. The lowest BCUT2D eigenvalue weighted by atomic mass is 10.1. The fourth-order valence-corrected chi connectivity index (χ4v) is 4.23. The van der Waals surface area contributed by atoms with E-state index in [0.29, 0.717) is 12.2 Å². The molecule has 5 heteroatoms. The summed E-state index contributed by atoms with van der Waals surface area (Å²) in [5, 5.41) is 9.31. The molecule has 1 fully saturated rings. The highest BCUT2D eigenvalue weighted by molar-refractivity contribution is 8.00. The van der Waals surface area contributed by atoms with Crippen LogP contribution in [0.25, 0.3) is 0 Å². The molecule has 0 aliphatic carbocycles. The normalized spacial score (nSPS) is 22.0. The second kappa shape index (κ2) is 9.34. The predicted molar refractivity (Wildman–Crippen MR) is 87.3 cm³/mol. The molecule has 1 rings (SSSR count). The third-order valence-electron chi connectivity index (χ3n) is 3.92. The van der Waals surface area contributed by atoms with Crippen molar-refractivity contribution >= 4 is 23.6 Å². The molecule has 0 aromatic rings. The van der Waals surface area contributed by atoms with Crippen LogP contribution in [0.15, 0.2) is 0 Å². The Morgan fingerprint density at radius 2 is 1.81 bits per heavy atom. The molecule has 1 heterocycles. The number of carboxylic acids is 1. The standard InChI is InChI=1S/C16H29NO3S/c1-4-5-6-7-8-9-10-14(18)17-13(16(19)20)11-21-15(17)12(2)3/h12-13,15H,4-11H2,1-3H3,(H,19,20). The van der Waals surface area contributed by atoms with E-state index in [2.05, 4.69) is 6.92 Å². The Morgan fingerprint density at radius 1 is 1.19 bits per heavy atom. The quantitative estimate of drug-likeness (QED) is 0.658. The molecule has 0 radical (unpaired) electrons.